The van der Waals surface area contributed by atoms with Crippen LogP contribution in [-0.4, -0.2) is 11.8 Å². The molecule has 0 aromatic heterocycles. The van der Waals surface area contributed by atoms with Crippen LogP contribution >= 0.6 is 11.8 Å². The summed E-state index contributed by atoms with van der Waals surface area (Å²) in [6, 6.07) is 6.72. The molecule has 0 aliphatic rings. The summed E-state index contributed by atoms with van der Waals surface area (Å²) in [5.74, 6) is 0. The van der Waals surface area contributed by atoms with Gasteiger partial charge in [-0.3, -0.25) is 0 Å². The molecule has 0 radical (unpaired) electrons. The zero-order valence-corrected chi connectivity index (χ0v) is 10.9. The number of aryl methyl sites for hydroxylation is 1. The molecule has 1 nitrogen and oxygen atoms in total. The van der Waals surface area contributed by atoms with Gasteiger partial charge in [0, 0.05) is 16.7 Å². The van der Waals surface area contributed by atoms with Crippen molar-refractivity contribution in [3.63, 3.8) is 0 Å². The minimum atomic E-state index is 0.646. The summed E-state index contributed by atoms with van der Waals surface area (Å²) < 4.78 is 0. The number of hydrogen-bond donors (Lipinski definition) is 1. The van der Waals surface area contributed by atoms with Crippen LogP contribution in [-0.2, 0) is 6.54 Å². The standard InChI is InChI=1S/C13H21NS/c1-5-14-9-12-8-11(4)6-7-13(12)15-10(2)3/h6-8,10,14H,5,9H2,1-4H3. The number of thioether (sulfide) groups is 1. The van der Waals surface area contributed by atoms with Gasteiger partial charge < -0.3 is 5.32 Å². The maximum atomic E-state index is 3.39. The first-order valence-electron chi connectivity index (χ1n) is 5.60. The number of benzene rings is 1. The predicted octanol–water partition coefficient (Wildman–Crippen LogP) is 3.61. The van der Waals surface area contributed by atoms with Gasteiger partial charge in [0.25, 0.3) is 0 Å². The van der Waals surface area contributed by atoms with Gasteiger partial charge in [0.2, 0.25) is 0 Å². The van der Waals surface area contributed by atoms with Crippen LogP contribution in [0.15, 0.2) is 23.1 Å². The van der Waals surface area contributed by atoms with Crippen molar-refractivity contribution in [2.45, 2.75) is 44.4 Å². The molecule has 0 heterocycles. The van der Waals surface area contributed by atoms with E-state index in [0.29, 0.717) is 5.25 Å². The summed E-state index contributed by atoms with van der Waals surface area (Å²) in [5, 5.41) is 4.04. The molecule has 15 heavy (non-hydrogen) atoms. The Labute approximate surface area is 97.7 Å². The molecule has 0 saturated heterocycles. The third-order valence-corrected chi connectivity index (χ3v) is 3.27. The molecule has 1 aromatic carbocycles. The van der Waals surface area contributed by atoms with Crippen molar-refractivity contribution in [1.29, 1.82) is 0 Å². The van der Waals surface area contributed by atoms with Crippen molar-refractivity contribution in [3.05, 3.63) is 29.3 Å². The van der Waals surface area contributed by atoms with Crippen LogP contribution in [0.5, 0.6) is 0 Å². The summed E-state index contributed by atoms with van der Waals surface area (Å²) >= 11 is 1.94. The molecule has 0 atom stereocenters. The first-order valence-corrected chi connectivity index (χ1v) is 6.48. The molecule has 0 spiro atoms. The van der Waals surface area contributed by atoms with Gasteiger partial charge in [-0.25, -0.2) is 0 Å². The molecule has 0 bridgehead atoms. The Morgan fingerprint density at radius 1 is 1.33 bits per heavy atom. The maximum Gasteiger partial charge on any atom is 0.0216 e. The largest absolute Gasteiger partial charge is 0.313 e. The van der Waals surface area contributed by atoms with Gasteiger partial charge in [-0.1, -0.05) is 38.5 Å². The fourth-order valence-electron chi connectivity index (χ4n) is 1.47. The van der Waals surface area contributed by atoms with Gasteiger partial charge in [-0.05, 0) is 25.1 Å². The second kappa shape index (κ2) is 6.19. The van der Waals surface area contributed by atoms with Crippen LogP contribution in [0.1, 0.15) is 31.9 Å². The topological polar surface area (TPSA) is 12.0 Å². The minimum absolute atomic E-state index is 0.646. The molecule has 1 N–H and O–H groups in total. The molecule has 0 aliphatic carbocycles. The van der Waals surface area contributed by atoms with Gasteiger partial charge in [-0.2, -0.15) is 0 Å². The second-order valence-electron chi connectivity index (χ2n) is 4.06. The summed E-state index contributed by atoms with van der Waals surface area (Å²) in [5.41, 5.74) is 2.77. The Hall–Kier alpha value is -0.470. The molecule has 2 heteroatoms. The average molecular weight is 223 g/mol. The quantitative estimate of drug-likeness (QED) is 0.765. The highest BCUT2D eigenvalue weighted by Crippen LogP contribution is 2.27. The molecule has 0 fully saturated rings. The fourth-order valence-corrected chi connectivity index (χ4v) is 2.41. The maximum absolute atomic E-state index is 3.39. The van der Waals surface area contributed by atoms with E-state index in [1.807, 2.05) is 11.8 Å². The first-order chi connectivity index (χ1) is 7.13. The fraction of sp³-hybridized carbons (Fsp3) is 0.538. The number of nitrogens with one attached hydrogen (secondary N) is 1. The zero-order chi connectivity index (χ0) is 11.3. The Bertz CT molecular complexity index is 307. The molecule has 1 aromatic rings. The van der Waals surface area contributed by atoms with Crippen LogP contribution < -0.4 is 5.32 Å². The van der Waals surface area contributed by atoms with E-state index in [4.69, 9.17) is 0 Å². The third-order valence-electron chi connectivity index (χ3n) is 2.14. The van der Waals surface area contributed by atoms with Gasteiger partial charge in [0.15, 0.2) is 0 Å². The number of rotatable bonds is 5. The van der Waals surface area contributed by atoms with E-state index in [1.54, 1.807) is 0 Å². The van der Waals surface area contributed by atoms with Crippen LogP contribution in [0.3, 0.4) is 0 Å². The molecule has 1 rings (SSSR count). The third kappa shape index (κ3) is 4.27. The van der Waals surface area contributed by atoms with Crippen molar-refractivity contribution >= 4 is 11.8 Å². The SMILES string of the molecule is CCNCc1cc(C)ccc1SC(C)C. The van der Waals surface area contributed by atoms with E-state index in [0.717, 1.165) is 13.1 Å². The molecular weight excluding hydrogens is 202 g/mol. The lowest BCUT2D eigenvalue weighted by Gasteiger charge is -2.12. The van der Waals surface area contributed by atoms with E-state index >= 15 is 0 Å². The van der Waals surface area contributed by atoms with E-state index in [9.17, 15) is 0 Å². The van der Waals surface area contributed by atoms with Crippen molar-refractivity contribution < 1.29 is 0 Å². The van der Waals surface area contributed by atoms with Crippen molar-refractivity contribution in [2.75, 3.05) is 6.54 Å². The molecule has 84 valence electrons. The molecule has 0 unspecified atom stereocenters. The summed E-state index contributed by atoms with van der Waals surface area (Å²) in [6.07, 6.45) is 0. The first kappa shape index (κ1) is 12.6. The van der Waals surface area contributed by atoms with E-state index in [2.05, 4.69) is 51.2 Å². The summed E-state index contributed by atoms with van der Waals surface area (Å²) in [6.45, 7) is 10.8. The number of hydrogen-bond acceptors (Lipinski definition) is 2. The average Bonchev–Trinajstić information content (AvgIpc) is 2.18. The van der Waals surface area contributed by atoms with Gasteiger partial charge in [0.1, 0.15) is 0 Å². The van der Waals surface area contributed by atoms with E-state index < -0.39 is 0 Å². The van der Waals surface area contributed by atoms with Crippen LogP contribution in [0, 0.1) is 6.92 Å². The van der Waals surface area contributed by atoms with Gasteiger partial charge >= 0.3 is 0 Å². The molecule has 0 aliphatic heterocycles. The zero-order valence-electron chi connectivity index (χ0n) is 10.1. The normalized spacial score (nSPS) is 11.0. The van der Waals surface area contributed by atoms with Gasteiger partial charge in [-0.15, -0.1) is 11.8 Å². The summed E-state index contributed by atoms with van der Waals surface area (Å²) in [7, 11) is 0. The van der Waals surface area contributed by atoms with Crippen molar-refractivity contribution in [3.8, 4) is 0 Å². The lowest BCUT2D eigenvalue weighted by Crippen LogP contribution is -2.12. The van der Waals surface area contributed by atoms with Crippen LogP contribution in [0.4, 0.5) is 0 Å². The Kier molecular flexibility index (Phi) is 5.20. The lowest BCUT2D eigenvalue weighted by atomic mass is 10.1. The predicted molar refractivity (Wildman–Crippen MR) is 69.6 cm³/mol. The van der Waals surface area contributed by atoms with Crippen LogP contribution in [0.25, 0.3) is 0 Å². The molecular formula is C13H21NS. The van der Waals surface area contributed by atoms with Gasteiger partial charge in [0.05, 0.1) is 0 Å². The highest BCUT2D eigenvalue weighted by molar-refractivity contribution is 8.00. The second-order valence-corrected chi connectivity index (χ2v) is 5.68. The minimum Gasteiger partial charge on any atom is -0.313 e. The monoisotopic (exact) mass is 223 g/mol. The molecule has 0 amide bonds. The Morgan fingerprint density at radius 3 is 2.67 bits per heavy atom. The summed E-state index contributed by atoms with van der Waals surface area (Å²) in [4.78, 5) is 1.41. The lowest BCUT2D eigenvalue weighted by molar-refractivity contribution is 0.717. The highest BCUT2D eigenvalue weighted by Gasteiger charge is 2.05. The Balaban J connectivity index is 2.82. The highest BCUT2D eigenvalue weighted by atomic mass is 32.2. The van der Waals surface area contributed by atoms with E-state index in [1.165, 1.54) is 16.0 Å². The van der Waals surface area contributed by atoms with Crippen LogP contribution in [0.2, 0.25) is 0 Å². The van der Waals surface area contributed by atoms with E-state index in [-0.39, 0.29) is 0 Å². The smallest absolute Gasteiger partial charge is 0.0216 e. The molecule has 0 saturated carbocycles. The van der Waals surface area contributed by atoms with Crippen molar-refractivity contribution in [2.24, 2.45) is 0 Å². The van der Waals surface area contributed by atoms with Crippen molar-refractivity contribution in [1.82, 2.24) is 5.32 Å². The Morgan fingerprint density at radius 2 is 2.07 bits per heavy atom.